The molecule has 7 N–H and O–H groups in total. The van der Waals surface area contributed by atoms with Gasteiger partial charge in [0.25, 0.3) is 11.8 Å². The van der Waals surface area contributed by atoms with Gasteiger partial charge in [0.2, 0.25) is 11.8 Å². The quantitative estimate of drug-likeness (QED) is 0.0443. The summed E-state index contributed by atoms with van der Waals surface area (Å²) in [5.41, 5.74) is 2.50. The van der Waals surface area contributed by atoms with E-state index in [4.69, 9.17) is 44.4 Å². The maximum atomic E-state index is 14.4. The fourth-order valence-corrected chi connectivity index (χ4v) is 15.5. The van der Waals surface area contributed by atoms with Crippen molar-refractivity contribution >= 4 is 121 Å². The first-order valence-electron chi connectivity index (χ1n) is 28.3. The van der Waals surface area contributed by atoms with Gasteiger partial charge in [-0.25, -0.2) is 39.7 Å². The Morgan fingerprint density at radius 2 is 1.46 bits per heavy atom. The number of pyridine rings is 1. The number of Topliss-reactive ketones (excluding diaryl/α,β-unsaturated/α-hetero) is 1. The molecule has 25 nitrogen and oxygen atoms in total. The number of methoxy groups -OCH3 is 1. The fraction of sp³-hybridized carbons (Fsp3) is 0.373. The lowest BCUT2D eigenvalue weighted by Crippen LogP contribution is -2.42. The van der Waals surface area contributed by atoms with Crippen LogP contribution in [-0.2, 0) is 35.3 Å². The average Bonchev–Trinajstić information content (AvgIpc) is 1.76. The van der Waals surface area contributed by atoms with Crippen molar-refractivity contribution in [3.63, 3.8) is 0 Å². The molecule has 10 rings (SSSR count). The van der Waals surface area contributed by atoms with Gasteiger partial charge in [0, 0.05) is 71.4 Å². The minimum absolute atomic E-state index is 0.00169. The van der Waals surface area contributed by atoms with Gasteiger partial charge in [-0.3, -0.25) is 38.5 Å². The summed E-state index contributed by atoms with van der Waals surface area (Å²) in [7, 11) is 2.94. The number of aryl methyl sites for hydroxylation is 1. The third-order valence-corrected chi connectivity index (χ3v) is 20.6. The lowest BCUT2D eigenvalue weighted by atomic mass is 9.82. The van der Waals surface area contributed by atoms with E-state index < -0.39 is 84.3 Å². The standard InChI is InChI=1S/C59H60N12O13S6/c1-27(2)33-19-39(72)45-28(3)89-56(69-45)35(20-42(73)60-4)63-50(78)37-24-85-52(65-37)32-14-15-34(54-67-41(26-88-54)71(16-10-9-13-44(75)76)59(82)84-31-17-30(18-31)58(80)81)62-46(32)36-23-86-55(64-36)38-25-87-57(66-38)48(49(77)29-11-7-6-8-12-29)68-43(74)21-61-51(79)47-40(22-83-5)90-53(33)70-47/h6-8,11-12,14-15,23-27,30-31,33,35,48-49,77H,9-10,13,16-22H2,1-5H3,(H,60,73)(H,61,79)(H,63,78)(H,68,74)(H,75,76)(H,80,81)/t30?,31?,33-,35-,48-,49-/m0/s1. The number of hydrogen-bond acceptors (Lipinski definition) is 24. The number of ketones is 1. The summed E-state index contributed by atoms with van der Waals surface area (Å²) in [6.07, 6.45) is -2.24. The van der Waals surface area contributed by atoms with Crippen molar-refractivity contribution in [3.8, 4) is 43.4 Å². The first-order chi connectivity index (χ1) is 43.2. The van der Waals surface area contributed by atoms with Gasteiger partial charge in [-0.2, -0.15) is 0 Å². The highest BCUT2D eigenvalue weighted by Crippen LogP contribution is 2.41. The molecule has 1 aliphatic carbocycles. The minimum atomic E-state index is -1.30. The number of nitrogens with one attached hydrogen (secondary N) is 4. The molecule has 7 aromatic heterocycles. The van der Waals surface area contributed by atoms with E-state index in [1.54, 1.807) is 70.9 Å². The second kappa shape index (κ2) is 28.8. The van der Waals surface area contributed by atoms with E-state index in [1.807, 2.05) is 13.8 Å². The number of nitrogens with zero attached hydrogens (tertiary/aromatic N) is 8. The normalized spacial score (nSPS) is 18.4. The Hall–Kier alpha value is -8.17. The maximum absolute atomic E-state index is 14.4. The van der Waals surface area contributed by atoms with E-state index in [9.17, 15) is 53.7 Å². The summed E-state index contributed by atoms with van der Waals surface area (Å²) < 4.78 is 11.2. The van der Waals surface area contributed by atoms with Crippen molar-refractivity contribution in [2.75, 3.05) is 32.1 Å². The monoisotopic (exact) mass is 1340 g/mol. The van der Waals surface area contributed by atoms with E-state index in [1.165, 1.54) is 64.4 Å². The molecule has 4 atom stereocenters. The number of unbranched alkanes of at least 4 members (excludes halogenated alkanes) is 1. The lowest BCUT2D eigenvalue weighted by Gasteiger charge is -2.33. The molecule has 10 bridgehead atoms. The largest absolute Gasteiger partial charge is 0.481 e. The number of fused-ring (bicyclic) bond motifs is 14. The Balaban J connectivity index is 1.04. The fourth-order valence-electron chi connectivity index (χ4n) is 9.87. The molecule has 1 aromatic carbocycles. The van der Waals surface area contributed by atoms with Gasteiger partial charge in [-0.15, -0.1) is 68.0 Å². The summed E-state index contributed by atoms with van der Waals surface area (Å²) in [6.45, 7) is 5.14. The van der Waals surface area contributed by atoms with Crippen molar-refractivity contribution in [1.82, 2.24) is 56.2 Å². The molecule has 2 aliphatic rings. The number of rotatable bonds is 16. The molecule has 0 unspecified atom stereocenters. The lowest BCUT2D eigenvalue weighted by molar-refractivity contribution is -0.148. The zero-order valence-electron chi connectivity index (χ0n) is 48.9. The number of aromatic nitrogens is 7. The Morgan fingerprint density at radius 3 is 2.19 bits per heavy atom. The smallest absolute Gasteiger partial charge is 0.415 e. The first kappa shape index (κ1) is 64.8. The van der Waals surface area contributed by atoms with Crippen LogP contribution in [0.15, 0.2) is 64.0 Å². The second-order valence-electron chi connectivity index (χ2n) is 21.4. The van der Waals surface area contributed by atoms with Gasteiger partial charge >= 0.3 is 18.0 Å². The van der Waals surface area contributed by atoms with E-state index in [-0.39, 0.29) is 86.3 Å². The van der Waals surface area contributed by atoms with E-state index in [2.05, 4.69) is 21.3 Å². The number of thiazole rings is 6. The summed E-state index contributed by atoms with van der Waals surface area (Å²) in [4.78, 5) is 143. The van der Waals surface area contributed by atoms with Gasteiger partial charge in [-0.05, 0) is 56.2 Å². The van der Waals surface area contributed by atoms with Crippen LogP contribution < -0.4 is 26.2 Å². The number of amides is 5. The van der Waals surface area contributed by atoms with Crippen LogP contribution in [0.2, 0.25) is 0 Å². The Kier molecular flexibility index (Phi) is 20.7. The number of anilines is 1. The Morgan fingerprint density at radius 1 is 0.744 bits per heavy atom. The highest BCUT2D eigenvalue weighted by molar-refractivity contribution is 7.15. The Labute approximate surface area is 538 Å². The predicted molar refractivity (Wildman–Crippen MR) is 338 cm³/mol. The van der Waals surface area contributed by atoms with Gasteiger partial charge in [0.1, 0.15) is 83.3 Å². The van der Waals surface area contributed by atoms with Gasteiger partial charge in [0.05, 0.1) is 47.1 Å². The number of aliphatic carboxylic acids is 2. The van der Waals surface area contributed by atoms with E-state index in [0.717, 1.165) is 22.7 Å². The summed E-state index contributed by atoms with van der Waals surface area (Å²) >= 11 is 7.09. The number of carboxylic acids is 2. The number of carboxylic acid groups (broad SMARTS) is 2. The molecular formula is C59H60N12O13S6. The van der Waals surface area contributed by atoms with Crippen LogP contribution in [0.4, 0.5) is 10.6 Å². The molecule has 470 valence electrons. The topological polar surface area (TPSA) is 357 Å². The molecule has 5 amide bonds. The first-order valence-corrected chi connectivity index (χ1v) is 33.5. The van der Waals surface area contributed by atoms with Crippen molar-refractivity contribution in [2.24, 2.45) is 11.8 Å². The summed E-state index contributed by atoms with van der Waals surface area (Å²) in [5.74, 6) is -5.74. The van der Waals surface area contributed by atoms with Crippen LogP contribution in [0.25, 0.3) is 43.4 Å². The molecule has 8 heterocycles. The molecule has 0 radical (unpaired) electrons. The predicted octanol–water partition coefficient (Wildman–Crippen LogP) is 9.26. The van der Waals surface area contributed by atoms with Crippen LogP contribution in [0.1, 0.15) is 145 Å². The van der Waals surface area contributed by atoms with E-state index >= 15 is 0 Å². The third kappa shape index (κ3) is 15.0. The number of aliphatic hydroxyl groups is 1. The number of benzene rings is 1. The highest BCUT2D eigenvalue weighted by atomic mass is 32.1. The molecule has 1 saturated carbocycles. The average molecular weight is 1340 g/mol. The van der Waals surface area contributed by atoms with Gasteiger partial charge in [0.15, 0.2) is 5.78 Å². The van der Waals surface area contributed by atoms with Crippen molar-refractivity contribution in [2.45, 2.75) is 103 Å². The zero-order chi connectivity index (χ0) is 63.9. The SMILES string of the molecule is CNC(=O)C[C@@H]1NC(=O)c2csc(n2)-c2ccc(-c3nc(N(CCCCC(=O)O)C(=O)OC4CC(C(=O)O)C4)cs3)nc2-c2csc(n2)-c2csc(n2)[C@H]([C@@H](O)c2ccccc2)NC(=O)CNC(=O)c2nc(sc2COC)[C@H](C(C)C)CC(=O)c2nc1sc2C. The molecule has 90 heavy (non-hydrogen) atoms. The van der Waals surface area contributed by atoms with Crippen LogP contribution in [0.5, 0.6) is 0 Å². The van der Waals surface area contributed by atoms with Gasteiger partial charge < -0.3 is 46.1 Å². The highest BCUT2D eigenvalue weighted by Gasteiger charge is 2.39. The van der Waals surface area contributed by atoms with E-state index in [0.29, 0.717) is 80.1 Å². The molecule has 8 aromatic rings. The number of hydrogen-bond donors (Lipinski definition) is 7. The van der Waals surface area contributed by atoms with Crippen LogP contribution in [0.3, 0.4) is 0 Å². The number of aliphatic hydroxyl groups excluding tert-OH is 1. The number of carbonyl (C=O) groups is 8. The molecule has 0 saturated heterocycles. The maximum Gasteiger partial charge on any atom is 0.415 e. The van der Waals surface area contributed by atoms with Crippen LogP contribution >= 0.6 is 68.0 Å². The summed E-state index contributed by atoms with van der Waals surface area (Å²) in [6, 6.07) is 10.0. The third-order valence-electron chi connectivity index (χ3n) is 14.8. The molecule has 31 heteroatoms. The van der Waals surface area contributed by atoms with Crippen molar-refractivity contribution in [3.05, 3.63) is 111 Å². The van der Waals surface area contributed by atoms with Crippen molar-refractivity contribution in [1.29, 1.82) is 0 Å². The number of carbonyl (C=O) groups excluding carboxylic acids is 6. The molecule has 0 spiro atoms. The van der Waals surface area contributed by atoms with Gasteiger partial charge in [-0.1, -0.05) is 44.2 Å². The number of ether oxygens (including phenoxy) is 2. The Bertz CT molecular complexity index is 3980. The minimum Gasteiger partial charge on any atom is -0.481 e. The van der Waals surface area contributed by atoms with Crippen molar-refractivity contribution < 1.29 is 63.1 Å². The molecular weight excluding hydrogens is 1280 g/mol. The van der Waals surface area contributed by atoms with Crippen LogP contribution in [-0.4, -0.2) is 131 Å². The summed E-state index contributed by atoms with van der Waals surface area (Å²) in [5, 5.41) is 50.7. The molecule has 1 aliphatic heterocycles. The van der Waals surface area contributed by atoms with Crippen LogP contribution in [0, 0.1) is 18.8 Å². The second-order valence-corrected chi connectivity index (χ2v) is 27.3. The zero-order valence-corrected chi connectivity index (χ0v) is 53.8. The molecule has 1 fully saturated rings.